The molecular formula is C10H10BrNO. The summed E-state index contributed by atoms with van der Waals surface area (Å²) in [5.74, 6) is 0.843. The standard InChI is InChI=1S/C10H10BrNO/c1-10(2)6-5-7-8(13-10)3-4-9(11)12-7/h3-6H,1-2H3. The fourth-order valence-corrected chi connectivity index (χ4v) is 1.56. The summed E-state index contributed by atoms with van der Waals surface area (Å²) in [6.07, 6.45) is 4.00. The van der Waals surface area contributed by atoms with Gasteiger partial charge in [0.25, 0.3) is 0 Å². The van der Waals surface area contributed by atoms with Gasteiger partial charge in [-0.2, -0.15) is 0 Å². The van der Waals surface area contributed by atoms with Crippen LogP contribution in [-0.4, -0.2) is 10.6 Å². The van der Waals surface area contributed by atoms with Gasteiger partial charge in [-0.1, -0.05) is 0 Å². The highest BCUT2D eigenvalue weighted by molar-refractivity contribution is 9.10. The van der Waals surface area contributed by atoms with Crippen LogP contribution in [0.2, 0.25) is 0 Å². The molecule has 1 aliphatic rings. The van der Waals surface area contributed by atoms with E-state index in [-0.39, 0.29) is 5.60 Å². The SMILES string of the molecule is CC1(C)C=Cc2nc(Br)ccc2O1. The molecule has 1 aromatic rings. The van der Waals surface area contributed by atoms with Crippen molar-refractivity contribution in [1.82, 2.24) is 4.98 Å². The number of pyridine rings is 1. The van der Waals surface area contributed by atoms with Gasteiger partial charge >= 0.3 is 0 Å². The van der Waals surface area contributed by atoms with Gasteiger partial charge in [-0.3, -0.25) is 0 Å². The molecule has 0 amide bonds. The van der Waals surface area contributed by atoms with Crippen LogP contribution < -0.4 is 4.74 Å². The number of rotatable bonds is 0. The van der Waals surface area contributed by atoms with E-state index in [0.717, 1.165) is 16.0 Å². The third kappa shape index (κ3) is 1.75. The number of aromatic nitrogens is 1. The van der Waals surface area contributed by atoms with Crippen molar-refractivity contribution in [3.63, 3.8) is 0 Å². The number of fused-ring (bicyclic) bond motifs is 1. The highest BCUT2D eigenvalue weighted by Gasteiger charge is 2.21. The van der Waals surface area contributed by atoms with Crippen LogP contribution in [0.5, 0.6) is 5.75 Å². The highest BCUT2D eigenvalue weighted by Crippen LogP contribution is 2.30. The van der Waals surface area contributed by atoms with Crippen LogP contribution in [0.25, 0.3) is 6.08 Å². The van der Waals surface area contributed by atoms with E-state index in [1.807, 2.05) is 38.1 Å². The normalized spacial score (nSPS) is 17.8. The van der Waals surface area contributed by atoms with Crippen LogP contribution in [0.15, 0.2) is 22.8 Å². The lowest BCUT2D eigenvalue weighted by Crippen LogP contribution is -2.27. The van der Waals surface area contributed by atoms with Gasteiger partial charge < -0.3 is 4.74 Å². The minimum Gasteiger partial charge on any atom is -0.482 e. The third-order valence-electron chi connectivity index (χ3n) is 1.87. The Hall–Kier alpha value is -0.830. The summed E-state index contributed by atoms with van der Waals surface area (Å²) in [5.41, 5.74) is 0.663. The predicted molar refractivity (Wildman–Crippen MR) is 55.7 cm³/mol. The van der Waals surface area contributed by atoms with E-state index in [1.165, 1.54) is 0 Å². The molecule has 0 saturated heterocycles. The van der Waals surface area contributed by atoms with Crippen molar-refractivity contribution in [1.29, 1.82) is 0 Å². The van der Waals surface area contributed by atoms with E-state index in [2.05, 4.69) is 20.9 Å². The number of halogens is 1. The van der Waals surface area contributed by atoms with Gasteiger partial charge in [0, 0.05) is 0 Å². The maximum absolute atomic E-state index is 5.70. The average Bonchev–Trinajstić information content (AvgIpc) is 2.05. The summed E-state index contributed by atoms with van der Waals surface area (Å²) in [4.78, 5) is 4.28. The van der Waals surface area contributed by atoms with Gasteiger partial charge in [0.15, 0.2) is 0 Å². The van der Waals surface area contributed by atoms with E-state index in [1.54, 1.807) is 0 Å². The Kier molecular flexibility index (Phi) is 1.91. The summed E-state index contributed by atoms with van der Waals surface area (Å²) >= 11 is 3.32. The fourth-order valence-electron chi connectivity index (χ4n) is 1.24. The second-order valence-electron chi connectivity index (χ2n) is 3.56. The lowest BCUT2D eigenvalue weighted by atomic mass is 10.1. The highest BCUT2D eigenvalue weighted by atomic mass is 79.9. The van der Waals surface area contributed by atoms with E-state index in [0.29, 0.717) is 0 Å². The quantitative estimate of drug-likeness (QED) is 0.650. The summed E-state index contributed by atoms with van der Waals surface area (Å²) in [5, 5.41) is 0. The molecule has 0 radical (unpaired) electrons. The topological polar surface area (TPSA) is 22.1 Å². The Morgan fingerprint density at radius 2 is 2.15 bits per heavy atom. The molecule has 0 aliphatic carbocycles. The maximum Gasteiger partial charge on any atom is 0.146 e. The zero-order valence-corrected chi connectivity index (χ0v) is 9.13. The monoisotopic (exact) mass is 239 g/mol. The predicted octanol–water partition coefficient (Wildman–Crippen LogP) is 3.03. The molecule has 1 aliphatic heterocycles. The molecule has 2 heterocycles. The maximum atomic E-state index is 5.70. The van der Waals surface area contributed by atoms with Gasteiger partial charge in [0.05, 0.1) is 0 Å². The summed E-state index contributed by atoms with van der Waals surface area (Å²) in [6, 6.07) is 3.81. The van der Waals surface area contributed by atoms with Crippen LogP contribution in [0.4, 0.5) is 0 Å². The van der Waals surface area contributed by atoms with E-state index < -0.39 is 0 Å². The first-order valence-electron chi connectivity index (χ1n) is 4.12. The smallest absolute Gasteiger partial charge is 0.146 e. The fraction of sp³-hybridized carbons (Fsp3) is 0.300. The lowest BCUT2D eigenvalue weighted by molar-refractivity contribution is 0.158. The molecular weight excluding hydrogens is 230 g/mol. The zero-order valence-electron chi connectivity index (χ0n) is 7.54. The van der Waals surface area contributed by atoms with E-state index >= 15 is 0 Å². The van der Waals surface area contributed by atoms with Crippen molar-refractivity contribution in [2.24, 2.45) is 0 Å². The second kappa shape index (κ2) is 2.84. The number of hydrogen-bond acceptors (Lipinski definition) is 2. The molecule has 0 saturated carbocycles. The summed E-state index contributed by atoms with van der Waals surface area (Å²) in [6.45, 7) is 4.04. The first-order chi connectivity index (χ1) is 6.07. The van der Waals surface area contributed by atoms with Crippen LogP contribution in [-0.2, 0) is 0 Å². The Morgan fingerprint density at radius 3 is 2.92 bits per heavy atom. The molecule has 13 heavy (non-hydrogen) atoms. The lowest BCUT2D eigenvalue weighted by Gasteiger charge is -2.27. The molecule has 0 atom stereocenters. The van der Waals surface area contributed by atoms with Gasteiger partial charge in [-0.25, -0.2) is 4.98 Å². The van der Waals surface area contributed by atoms with Crippen LogP contribution in [0.1, 0.15) is 19.5 Å². The second-order valence-corrected chi connectivity index (χ2v) is 4.37. The van der Waals surface area contributed by atoms with Gasteiger partial charge in [-0.15, -0.1) is 0 Å². The number of hydrogen-bond donors (Lipinski definition) is 0. The molecule has 0 N–H and O–H groups in total. The van der Waals surface area contributed by atoms with E-state index in [4.69, 9.17) is 4.74 Å². The van der Waals surface area contributed by atoms with Crippen molar-refractivity contribution in [2.75, 3.05) is 0 Å². The number of ether oxygens (including phenoxy) is 1. The molecule has 0 aromatic carbocycles. The van der Waals surface area contributed by atoms with Gasteiger partial charge in [0.2, 0.25) is 0 Å². The Labute approximate surface area is 85.8 Å². The molecule has 1 aromatic heterocycles. The first kappa shape index (κ1) is 8.75. The minimum atomic E-state index is -0.220. The molecule has 0 spiro atoms. The van der Waals surface area contributed by atoms with Crippen LogP contribution >= 0.6 is 15.9 Å². The molecule has 0 fully saturated rings. The molecule has 68 valence electrons. The summed E-state index contributed by atoms with van der Waals surface area (Å²) in [7, 11) is 0. The van der Waals surface area contributed by atoms with Crippen molar-refractivity contribution >= 4 is 22.0 Å². The van der Waals surface area contributed by atoms with Gasteiger partial charge in [0.1, 0.15) is 21.6 Å². The zero-order chi connectivity index (χ0) is 9.47. The summed E-state index contributed by atoms with van der Waals surface area (Å²) < 4.78 is 6.54. The molecule has 3 heteroatoms. The molecule has 0 unspecified atom stereocenters. The third-order valence-corrected chi connectivity index (χ3v) is 2.31. The van der Waals surface area contributed by atoms with Crippen LogP contribution in [0, 0.1) is 0 Å². The molecule has 2 rings (SSSR count). The van der Waals surface area contributed by atoms with Crippen molar-refractivity contribution in [2.45, 2.75) is 19.4 Å². The number of nitrogens with zero attached hydrogens (tertiary/aromatic N) is 1. The van der Waals surface area contributed by atoms with Crippen LogP contribution in [0.3, 0.4) is 0 Å². The largest absolute Gasteiger partial charge is 0.482 e. The van der Waals surface area contributed by atoms with Crippen molar-refractivity contribution in [3.8, 4) is 5.75 Å². The van der Waals surface area contributed by atoms with E-state index in [9.17, 15) is 0 Å². The Balaban J connectivity index is 2.47. The van der Waals surface area contributed by atoms with Gasteiger partial charge in [-0.05, 0) is 54.1 Å². The first-order valence-corrected chi connectivity index (χ1v) is 4.91. The van der Waals surface area contributed by atoms with Crippen molar-refractivity contribution < 1.29 is 4.74 Å². The average molecular weight is 240 g/mol. The molecule has 2 nitrogen and oxygen atoms in total. The molecule has 0 bridgehead atoms. The Bertz CT molecular complexity index is 371. The minimum absolute atomic E-state index is 0.220. The van der Waals surface area contributed by atoms with Crippen molar-refractivity contribution in [3.05, 3.63) is 28.5 Å². The Morgan fingerprint density at radius 1 is 1.38 bits per heavy atom.